The first-order valence-electron chi connectivity index (χ1n) is 8.28. The van der Waals surface area contributed by atoms with Gasteiger partial charge in [-0.05, 0) is 74.7 Å². The molecule has 4 aliphatic rings. The summed E-state index contributed by atoms with van der Waals surface area (Å²) in [5.74, 6) is 3.67. The number of rotatable bonds is 7. The van der Waals surface area contributed by atoms with E-state index in [1.54, 1.807) is 0 Å². The predicted octanol–water partition coefficient (Wildman–Crippen LogP) is 2.91. The number of carbonyl (C=O) groups is 1. The summed E-state index contributed by atoms with van der Waals surface area (Å²) in [5.41, 5.74) is 0. The molecule has 0 spiro atoms. The Morgan fingerprint density at radius 3 is 2.35 bits per heavy atom. The van der Waals surface area contributed by atoms with Crippen molar-refractivity contribution in [2.45, 2.75) is 51.0 Å². The molecule has 112 valence electrons. The van der Waals surface area contributed by atoms with Crippen LogP contribution in [0.3, 0.4) is 0 Å². The highest BCUT2D eigenvalue weighted by Gasteiger charge is 2.48. The molecule has 4 rings (SSSR count). The van der Waals surface area contributed by atoms with Crippen molar-refractivity contribution in [3.8, 4) is 0 Å². The Labute approximate surface area is 122 Å². The zero-order chi connectivity index (χ0) is 13.9. The summed E-state index contributed by atoms with van der Waals surface area (Å²) >= 11 is 0. The van der Waals surface area contributed by atoms with Gasteiger partial charge in [-0.25, -0.2) is 0 Å². The summed E-state index contributed by atoms with van der Waals surface area (Å²) in [6, 6.07) is 0. The minimum Gasteiger partial charge on any atom is -0.378 e. The third-order valence-electron chi connectivity index (χ3n) is 5.51. The highest BCUT2D eigenvalue weighted by molar-refractivity contribution is 5.86. The van der Waals surface area contributed by atoms with Crippen molar-refractivity contribution in [1.29, 1.82) is 0 Å². The molecule has 0 radical (unpaired) electrons. The molecule has 3 nitrogen and oxygen atoms in total. The number of unbranched alkanes of at least 4 members (excludes halogenated alkanes) is 1. The topological polar surface area (TPSA) is 38.3 Å². The van der Waals surface area contributed by atoms with E-state index < -0.39 is 0 Å². The maximum Gasteiger partial charge on any atom is 0.243 e. The van der Waals surface area contributed by atoms with Crippen LogP contribution in [0.25, 0.3) is 0 Å². The molecule has 20 heavy (non-hydrogen) atoms. The van der Waals surface area contributed by atoms with Crippen molar-refractivity contribution in [2.75, 3.05) is 13.2 Å². The van der Waals surface area contributed by atoms with E-state index >= 15 is 0 Å². The number of amides is 1. The lowest BCUT2D eigenvalue weighted by Gasteiger charge is -2.54. The molecule has 3 heteroatoms. The molecule has 4 bridgehead atoms. The second kappa shape index (κ2) is 6.30. The van der Waals surface area contributed by atoms with Gasteiger partial charge in [0, 0.05) is 13.2 Å². The quantitative estimate of drug-likeness (QED) is 0.574. The SMILES string of the molecule is C=CC(=O)NCCCCOC1C2CC3CC(C2)CC1C3. The molecule has 1 amide bonds. The number of hydrogen-bond acceptors (Lipinski definition) is 2. The van der Waals surface area contributed by atoms with Gasteiger partial charge in [0.1, 0.15) is 0 Å². The number of carbonyl (C=O) groups excluding carboxylic acids is 1. The maximum atomic E-state index is 11.0. The summed E-state index contributed by atoms with van der Waals surface area (Å²) in [6.07, 6.45) is 11.1. The van der Waals surface area contributed by atoms with Crippen LogP contribution >= 0.6 is 0 Å². The third-order valence-corrected chi connectivity index (χ3v) is 5.51. The van der Waals surface area contributed by atoms with Gasteiger partial charge in [-0.3, -0.25) is 4.79 Å². The number of nitrogens with one attached hydrogen (secondary N) is 1. The fourth-order valence-corrected chi connectivity index (χ4v) is 4.88. The van der Waals surface area contributed by atoms with Gasteiger partial charge in [0.2, 0.25) is 5.91 Å². The molecule has 0 unspecified atom stereocenters. The molecule has 4 fully saturated rings. The largest absolute Gasteiger partial charge is 0.378 e. The van der Waals surface area contributed by atoms with Crippen LogP contribution in [0.4, 0.5) is 0 Å². The molecule has 0 aromatic rings. The van der Waals surface area contributed by atoms with Crippen molar-refractivity contribution < 1.29 is 9.53 Å². The Balaban J connectivity index is 1.33. The molecule has 0 heterocycles. The first-order chi connectivity index (χ1) is 9.76. The third kappa shape index (κ3) is 3.08. The fourth-order valence-electron chi connectivity index (χ4n) is 4.88. The molecule has 4 saturated carbocycles. The van der Waals surface area contributed by atoms with Crippen LogP contribution in [0.2, 0.25) is 0 Å². The summed E-state index contributed by atoms with van der Waals surface area (Å²) in [4.78, 5) is 11.0. The summed E-state index contributed by atoms with van der Waals surface area (Å²) in [6.45, 7) is 5.03. The molecular weight excluding hydrogens is 250 g/mol. The number of ether oxygens (including phenoxy) is 1. The van der Waals surface area contributed by atoms with Crippen LogP contribution in [0.5, 0.6) is 0 Å². The van der Waals surface area contributed by atoms with Crippen LogP contribution in [0.15, 0.2) is 12.7 Å². The summed E-state index contributed by atoms with van der Waals surface area (Å²) < 4.78 is 6.22. The van der Waals surface area contributed by atoms with Gasteiger partial charge in [0.15, 0.2) is 0 Å². The first-order valence-corrected chi connectivity index (χ1v) is 8.28. The van der Waals surface area contributed by atoms with Gasteiger partial charge in [0.25, 0.3) is 0 Å². The molecule has 0 saturated heterocycles. The standard InChI is InChI=1S/C17H27NO2/c1-2-16(19)18-5-3-4-6-20-17-14-8-12-7-13(10-14)11-15(17)9-12/h2,12-15,17H,1,3-11H2,(H,18,19). The monoisotopic (exact) mass is 277 g/mol. The average molecular weight is 277 g/mol. The van der Waals surface area contributed by atoms with Gasteiger partial charge >= 0.3 is 0 Å². The van der Waals surface area contributed by atoms with Crippen molar-refractivity contribution in [3.63, 3.8) is 0 Å². The minimum atomic E-state index is -0.0769. The normalized spacial score (nSPS) is 37.9. The van der Waals surface area contributed by atoms with Gasteiger partial charge in [0.05, 0.1) is 6.10 Å². The van der Waals surface area contributed by atoms with Gasteiger partial charge in [-0.1, -0.05) is 6.58 Å². The van der Waals surface area contributed by atoms with Crippen LogP contribution in [-0.4, -0.2) is 25.2 Å². The van der Waals surface area contributed by atoms with Crippen molar-refractivity contribution >= 4 is 5.91 Å². The second-order valence-corrected chi connectivity index (χ2v) is 6.97. The molecule has 0 aromatic carbocycles. The van der Waals surface area contributed by atoms with Gasteiger partial charge in [-0.15, -0.1) is 0 Å². The Kier molecular flexibility index (Phi) is 4.45. The Bertz CT molecular complexity index is 338. The molecule has 0 aromatic heterocycles. The highest BCUT2D eigenvalue weighted by Crippen LogP contribution is 2.54. The van der Waals surface area contributed by atoms with E-state index in [0.717, 1.165) is 49.7 Å². The van der Waals surface area contributed by atoms with Crippen molar-refractivity contribution in [1.82, 2.24) is 5.32 Å². The van der Waals surface area contributed by atoms with E-state index in [2.05, 4.69) is 11.9 Å². The van der Waals surface area contributed by atoms with Gasteiger partial charge in [-0.2, -0.15) is 0 Å². The van der Waals surface area contributed by atoms with Gasteiger partial charge < -0.3 is 10.1 Å². The average Bonchev–Trinajstić information content (AvgIpc) is 2.44. The molecule has 1 N–H and O–H groups in total. The fraction of sp³-hybridized carbons (Fsp3) is 0.824. The van der Waals surface area contributed by atoms with E-state index in [0.29, 0.717) is 6.10 Å². The highest BCUT2D eigenvalue weighted by atomic mass is 16.5. The second-order valence-electron chi connectivity index (χ2n) is 6.97. The molecule has 4 aliphatic carbocycles. The summed E-state index contributed by atoms with van der Waals surface area (Å²) in [7, 11) is 0. The van der Waals surface area contributed by atoms with Crippen molar-refractivity contribution in [3.05, 3.63) is 12.7 Å². The number of hydrogen-bond donors (Lipinski definition) is 1. The van der Waals surface area contributed by atoms with Crippen LogP contribution < -0.4 is 5.32 Å². The van der Waals surface area contributed by atoms with Crippen molar-refractivity contribution in [2.24, 2.45) is 23.7 Å². The summed E-state index contributed by atoms with van der Waals surface area (Å²) in [5, 5.41) is 2.81. The van der Waals surface area contributed by atoms with Crippen LogP contribution in [0.1, 0.15) is 44.9 Å². The van der Waals surface area contributed by atoms with E-state index in [9.17, 15) is 4.79 Å². The maximum absolute atomic E-state index is 11.0. The first kappa shape index (κ1) is 14.1. The predicted molar refractivity (Wildman–Crippen MR) is 79.2 cm³/mol. The van der Waals surface area contributed by atoms with E-state index in [4.69, 9.17) is 4.74 Å². The zero-order valence-electron chi connectivity index (χ0n) is 12.4. The lowest BCUT2D eigenvalue weighted by atomic mass is 9.55. The smallest absolute Gasteiger partial charge is 0.243 e. The Hall–Kier alpha value is -0.830. The van der Waals surface area contributed by atoms with Crippen LogP contribution in [-0.2, 0) is 9.53 Å². The molecular formula is C17H27NO2. The van der Waals surface area contributed by atoms with E-state index in [1.165, 1.54) is 38.2 Å². The lowest BCUT2D eigenvalue weighted by Crippen LogP contribution is -2.49. The molecule has 0 aliphatic heterocycles. The Morgan fingerprint density at radius 2 is 1.75 bits per heavy atom. The Morgan fingerprint density at radius 1 is 1.10 bits per heavy atom. The van der Waals surface area contributed by atoms with Crippen LogP contribution in [0, 0.1) is 23.7 Å². The lowest BCUT2D eigenvalue weighted by molar-refractivity contribution is -0.126. The molecule has 0 atom stereocenters. The minimum absolute atomic E-state index is 0.0769. The van der Waals surface area contributed by atoms with E-state index in [1.807, 2.05) is 0 Å². The van der Waals surface area contributed by atoms with E-state index in [-0.39, 0.29) is 5.91 Å². The zero-order valence-corrected chi connectivity index (χ0v) is 12.4.